The largest absolute Gasteiger partial charge is 0.349 e. The number of nitrogens with zero attached hydrogens (tertiary/aromatic N) is 1. The molecule has 0 spiro atoms. The molecule has 0 aliphatic carbocycles. The summed E-state index contributed by atoms with van der Waals surface area (Å²) in [4.78, 5) is 5.33. The molecule has 0 N–H and O–H groups in total. The average Bonchev–Trinajstić information content (AvgIpc) is 1.88. The van der Waals surface area contributed by atoms with Crippen molar-refractivity contribution in [3.05, 3.63) is 0 Å². The summed E-state index contributed by atoms with van der Waals surface area (Å²) in [5, 5.41) is 2.00. The van der Waals surface area contributed by atoms with Gasteiger partial charge in [0.1, 0.15) is 0 Å². The first-order chi connectivity index (χ1) is 4.45. The molecule has 3 heteroatoms. The van der Waals surface area contributed by atoms with Crippen molar-refractivity contribution in [2.45, 2.75) is 19.1 Å². The van der Waals surface area contributed by atoms with Gasteiger partial charge in [-0.15, -0.1) is 0 Å². The van der Waals surface area contributed by atoms with Crippen LogP contribution in [0.1, 0.15) is 12.8 Å². The maximum atomic E-state index is 5.33. The van der Waals surface area contributed by atoms with Gasteiger partial charge >= 0.3 is 0 Å². The molecule has 2 heterocycles. The molecule has 0 aromatic heterocycles. The van der Waals surface area contributed by atoms with Crippen molar-refractivity contribution in [3.8, 4) is 0 Å². The van der Waals surface area contributed by atoms with Crippen molar-refractivity contribution in [3.63, 3.8) is 0 Å². The minimum absolute atomic E-state index is 0.0764. The van der Waals surface area contributed by atoms with Gasteiger partial charge < -0.3 is 4.74 Å². The van der Waals surface area contributed by atoms with E-state index < -0.39 is 0 Å². The van der Waals surface area contributed by atoms with Crippen molar-refractivity contribution in [2.24, 2.45) is 0 Å². The second kappa shape index (κ2) is 2.25. The zero-order valence-corrected chi connectivity index (χ0v) is 5.38. The van der Waals surface area contributed by atoms with Crippen LogP contribution in [-0.4, -0.2) is 31.0 Å². The Morgan fingerprint density at radius 2 is 2.33 bits per heavy atom. The fourth-order valence-corrected chi connectivity index (χ4v) is 1.27. The standard InChI is InChI=1S/C6H11NO2/c1-2-6-8-5-4-7(3-1)9-6/h6H,1-5H2. The third kappa shape index (κ3) is 1.08. The third-order valence-corrected chi connectivity index (χ3v) is 1.76. The van der Waals surface area contributed by atoms with E-state index >= 15 is 0 Å². The lowest BCUT2D eigenvalue weighted by Crippen LogP contribution is -2.44. The molecule has 0 amide bonds. The Hall–Kier alpha value is -0.120. The van der Waals surface area contributed by atoms with E-state index in [1.54, 1.807) is 0 Å². The van der Waals surface area contributed by atoms with Crippen molar-refractivity contribution in [2.75, 3.05) is 19.7 Å². The quantitative estimate of drug-likeness (QED) is 0.471. The molecule has 2 atom stereocenters. The minimum atomic E-state index is 0.0764. The molecular formula is C6H11NO2. The summed E-state index contributed by atoms with van der Waals surface area (Å²) in [6, 6.07) is 0. The average molecular weight is 129 g/mol. The first-order valence-electron chi connectivity index (χ1n) is 3.48. The van der Waals surface area contributed by atoms with Gasteiger partial charge in [0.05, 0.1) is 6.61 Å². The summed E-state index contributed by atoms with van der Waals surface area (Å²) in [7, 11) is 0. The van der Waals surface area contributed by atoms with Crippen LogP contribution in [0.3, 0.4) is 0 Å². The molecule has 0 saturated carbocycles. The Bertz CT molecular complexity index is 87.2. The van der Waals surface area contributed by atoms with E-state index in [-0.39, 0.29) is 6.29 Å². The summed E-state index contributed by atoms with van der Waals surface area (Å²) < 4.78 is 5.28. The van der Waals surface area contributed by atoms with Crippen LogP contribution >= 0.6 is 0 Å². The Morgan fingerprint density at radius 3 is 3.11 bits per heavy atom. The zero-order valence-electron chi connectivity index (χ0n) is 5.38. The third-order valence-electron chi connectivity index (χ3n) is 1.76. The molecular weight excluding hydrogens is 118 g/mol. The Labute approximate surface area is 54.5 Å². The molecule has 52 valence electrons. The molecule has 0 radical (unpaired) electrons. The van der Waals surface area contributed by atoms with E-state index in [1.165, 1.54) is 6.42 Å². The van der Waals surface area contributed by atoms with E-state index in [0.717, 1.165) is 26.1 Å². The molecule has 2 saturated heterocycles. The second-order valence-electron chi connectivity index (χ2n) is 2.48. The van der Waals surface area contributed by atoms with Crippen molar-refractivity contribution < 1.29 is 9.57 Å². The van der Waals surface area contributed by atoms with Crippen molar-refractivity contribution in [1.29, 1.82) is 0 Å². The Kier molecular flexibility index (Phi) is 1.41. The number of hydrogen-bond acceptors (Lipinski definition) is 3. The maximum Gasteiger partial charge on any atom is 0.177 e. The highest BCUT2D eigenvalue weighted by atomic mass is 16.8. The predicted molar refractivity (Wildman–Crippen MR) is 31.6 cm³/mol. The highest BCUT2D eigenvalue weighted by molar-refractivity contribution is 4.61. The highest BCUT2D eigenvalue weighted by Gasteiger charge is 2.24. The van der Waals surface area contributed by atoms with Gasteiger partial charge in [-0.1, -0.05) is 0 Å². The lowest BCUT2D eigenvalue weighted by Gasteiger charge is -2.36. The van der Waals surface area contributed by atoms with Crippen LogP contribution in [0.5, 0.6) is 0 Å². The molecule has 9 heavy (non-hydrogen) atoms. The predicted octanol–water partition coefficient (Wildman–Crippen LogP) is 0.370. The van der Waals surface area contributed by atoms with E-state index in [2.05, 4.69) is 0 Å². The minimum Gasteiger partial charge on any atom is -0.349 e. The molecule has 3 nitrogen and oxygen atoms in total. The molecule has 2 unspecified atom stereocenters. The van der Waals surface area contributed by atoms with Crippen LogP contribution < -0.4 is 0 Å². The number of hydroxylamine groups is 2. The SMILES string of the molecule is C1CC2OCCN(C1)O2. The lowest BCUT2D eigenvalue weighted by atomic mass is 10.2. The molecule has 2 aliphatic rings. The van der Waals surface area contributed by atoms with E-state index in [4.69, 9.17) is 9.57 Å². The molecule has 2 bridgehead atoms. The summed E-state index contributed by atoms with van der Waals surface area (Å²) >= 11 is 0. The van der Waals surface area contributed by atoms with E-state index in [0.29, 0.717) is 0 Å². The fraction of sp³-hybridized carbons (Fsp3) is 1.00. The van der Waals surface area contributed by atoms with Gasteiger partial charge in [-0.2, -0.15) is 5.06 Å². The molecule has 0 aromatic carbocycles. The summed E-state index contributed by atoms with van der Waals surface area (Å²) in [6.45, 7) is 2.86. The zero-order chi connectivity index (χ0) is 6.10. The monoisotopic (exact) mass is 129 g/mol. The topological polar surface area (TPSA) is 21.7 Å². The maximum absolute atomic E-state index is 5.33. The molecule has 2 aliphatic heterocycles. The van der Waals surface area contributed by atoms with Crippen molar-refractivity contribution in [1.82, 2.24) is 5.06 Å². The fourth-order valence-electron chi connectivity index (χ4n) is 1.27. The molecule has 2 fully saturated rings. The summed E-state index contributed by atoms with van der Waals surface area (Å²) in [5.74, 6) is 0. The normalized spacial score (nSPS) is 42.7. The van der Waals surface area contributed by atoms with Crippen molar-refractivity contribution >= 4 is 0 Å². The summed E-state index contributed by atoms with van der Waals surface area (Å²) in [6.07, 6.45) is 2.36. The lowest BCUT2D eigenvalue weighted by molar-refractivity contribution is -0.339. The number of rotatable bonds is 0. The first-order valence-corrected chi connectivity index (χ1v) is 3.48. The van der Waals surface area contributed by atoms with Crippen LogP contribution in [0, 0.1) is 0 Å². The Morgan fingerprint density at radius 1 is 1.33 bits per heavy atom. The van der Waals surface area contributed by atoms with Gasteiger partial charge in [0.15, 0.2) is 6.29 Å². The molecule has 0 aromatic rings. The van der Waals surface area contributed by atoms with Crippen LogP contribution in [0.25, 0.3) is 0 Å². The van der Waals surface area contributed by atoms with Gasteiger partial charge in [0, 0.05) is 19.5 Å². The number of hydrogen-bond donors (Lipinski definition) is 0. The number of ether oxygens (including phenoxy) is 1. The van der Waals surface area contributed by atoms with Gasteiger partial charge in [-0.25, -0.2) is 0 Å². The van der Waals surface area contributed by atoms with Crippen LogP contribution in [0.2, 0.25) is 0 Å². The molecule has 2 rings (SSSR count). The van der Waals surface area contributed by atoms with Crippen LogP contribution in [0.4, 0.5) is 0 Å². The van der Waals surface area contributed by atoms with Gasteiger partial charge in [0.25, 0.3) is 0 Å². The Balaban J connectivity index is 1.96. The van der Waals surface area contributed by atoms with E-state index in [9.17, 15) is 0 Å². The van der Waals surface area contributed by atoms with E-state index in [1.807, 2.05) is 5.06 Å². The smallest absolute Gasteiger partial charge is 0.177 e. The van der Waals surface area contributed by atoms with Crippen LogP contribution in [0.15, 0.2) is 0 Å². The van der Waals surface area contributed by atoms with Gasteiger partial charge in [0.2, 0.25) is 0 Å². The summed E-state index contributed by atoms with van der Waals surface area (Å²) in [5.41, 5.74) is 0. The first kappa shape index (κ1) is 5.65. The van der Waals surface area contributed by atoms with Gasteiger partial charge in [-0.3, -0.25) is 4.84 Å². The second-order valence-corrected chi connectivity index (χ2v) is 2.48. The highest BCUT2D eigenvalue weighted by Crippen LogP contribution is 2.17. The number of fused-ring (bicyclic) bond motifs is 2. The van der Waals surface area contributed by atoms with Gasteiger partial charge in [-0.05, 0) is 6.42 Å². The van der Waals surface area contributed by atoms with Crippen LogP contribution in [-0.2, 0) is 9.57 Å².